The van der Waals surface area contributed by atoms with Gasteiger partial charge < -0.3 is 24.3 Å². The number of methoxy groups -OCH3 is 1. The minimum Gasteiger partial charge on any atom is -0.486 e. The van der Waals surface area contributed by atoms with Crippen molar-refractivity contribution in [3.8, 4) is 11.5 Å². The molecule has 4 atom stereocenters. The highest BCUT2D eigenvalue weighted by atomic mass is 16.6. The van der Waals surface area contributed by atoms with Crippen molar-refractivity contribution in [3.05, 3.63) is 24.3 Å². The van der Waals surface area contributed by atoms with E-state index in [1.165, 1.54) is 0 Å². The zero-order chi connectivity index (χ0) is 14.7. The molecule has 1 aromatic rings. The topological polar surface area (TPSA) is 49.0 Å². The average molecular weight is 293 g/mol. The molecule has 1 saturated carbocycles. The molecule has 3 rings (SSSR count). The Morgan fingerprint density at radius 2 is 2.10 bits per heavy atom. The molecule has 1 aliphatic heterocycles. The summed E-state index contributed by atoms with van der Waals surface area (Å²) in [6.07, 6.45) is 1.35. The van der Waals surface area contributed by atoms with E-state index in [0.29, 0.717) is 12.6 Å². The SMILES string of the molecule is CCOC1CC(NCC2COc3ccccc3O2)C1OC. The third-order valence-electron chi connectivity index (χ3n) is 4.08. The number of ether oxygens (including phenoxy) is 4. The van der Waals surface area contributed by atoms with E-state index >= 15 is 0 Å². The van der Waals surface area contributed by atoms with Gasteiger partial charge >= 0.3 is 0 Å². The lowest BCUT2D eigenvalue weighted by Gasteiger charge is -2.44. The molecule has 0 radical (unpaired) electrons. The molecule has 5 heteroatoms. The van der Waals surface area contributed by atoms with Crippen molar-refractivity contribution in [2.75, 3.05) is 26.9 Å². The Hall–Kier alpha value is -1.30. The molecule has 116 valence electrons. The lowest BCUT2D eigenvalue weighted by molar-refractivity contribution is -0.132. The fraction of sp³-hybridized carbons (Fsp3) is 0.625. The quantitative estimate of drug-likeness (QED) is 0.863. The van der Waals surface area contributed by atoms with Crippen LogP contribution < -0.4 is 14.8 Å². The molecule has 0 saturated heterocycles. The van der Waals surface area contributed by atoms with E-state index in [2.05, 4.69) is 5.32 Å². The van der Waals surface area contributed by atoms with E-state index in [1.807, 2.05) is 31.2 Å². The first-order valence-corrected chi connectivity index (χ1v) is 7.58. The van der Waals surface area contributed by atoms with Crippen molar-refractivity contribution >= 4 is 0 Å². The molecule has 0 amide bonds. The summed E-state index contributed by atoms with van der Waals surface area (Å²) in [5.41, 5.74) is 0. The fourth-order valence-corrected chi connectivity index (χ4v) is 2.92. The van der Waals surface area contributed by atoms with Crippen molar-refractivity contribution in [1.29, 1.82) is 0 Å². The highest BCUT2D eigenvalue weighted by Crippen LogP contribution is 2.31. The predicted octanol–water partition coefficient (Wildman–Crippen LogP) is 1.61. The molecule has 0 spiro atoms. The van der Waals surface area contributed by atoms with Crippen LogP contribution in [0.2, 0.25) is 0 Å². The van der Waals surface area contributed by atoms with Crippen LogP contribution in [0.5, 0.6) is 11.5 Å². The average Bonchev–Trinajstić information content (AvgIpc) is 2.50. The molecule has 1 N–H and O–H groups in total. The number of nitrogens with one attached hydrogen (secondary N) is 1. The van der Waals surface area contributed by atoms with Gasteiger partial charge in [0.2, 0.25) is 0 Å². The monoisotopic (exact) mass is 293 g/mol. The van der Waals surface area contributed by atoms with Crippen LogP contribution in [0, 0.1) is 0 Å². The van der Waals surface area contributed by atoms with Gasteiger partial charge in [0.05, 0.1) is 12.2 Å². The molecule has 5 nitrogen and oxygen atoms in total. The van der Waals surface area contributed by atoms with Crippen LogP contribution in [0.4, 0.5) is 0 Å². The summed E-state index contributed by atoms with van der Waals surface area (Å²) >= 11 is 0. The first-order chi connectivity index (χ1) is 10.3. The second kappa shape index (κ2) is 6.64. The summed E-state index contributed by atoms with van der Waals surface area (Å²) in [6, 6.07) is 8.10. The fourth-order valence-electron chi connectivity index (χ4n) is 2.92. The first-order valence-electron chi connectivity index (χ1n) is 7.58. The molecule has 0 bridgehead atoms. The van der Waals surface area contributed by atoms with Gasteiger partial charge in [0, 0.05) is 26.3 Å². The van der Waals surface area contributed by atoms with Gasteiger partial charge in [0.1, 0.15) is 12.7 Å². The van der Waals surface area contributed by atoms with Crippen LogP contribution in [0.1, 0.15) is 13.3 Å². The number of hydrogen-bond donors (Lipinski definition) is 1. The van der Waals surface area contributed by atoms with Gasteiger partial charge in [0.15, 0.2) is 11.5 Å². The van der Waals surface area contributed by atoms with Crippen molar-refractivity contribution in [1.82, 2.24) is 5.32 Å². The number of rotatable bonds is 6. The zero-order valence-electron chi connectivity index (χ0n) is 12.6. The van der Waals surface area contributed by atoms with Crippen LogP contribution in [0.25, 0.3) is 0 Å². The Bertz CT molecular complexity index is 467. The van der Waals surface area contributed by atoms with Gasteiger partial charge in [-0.25, -0.2) is 0 Å². The second-order valence-corrected chi connectivity index (χ2v) is 5.44. The molecule has 4 unspecified atom stereocenters. The van der Waals surface area contributed by atoms with Crippen molar-refractivity contribution in [3.63, 3.8) is 0 Å². The van der Waals surface area contributed by atoms with Gasteiger partial charge in [-0.05, 0) is 25.5 Å². The Balaban J connectivity index is 1.47. The maximum absolute atomic E-state index is 5.93. The molecule has 1 fully saturated rings. The summed E-state index contributed by atoms with van der Waals surface area (Å²) in [6.45, 7) is 4.06. The summed E-state index contributed by atoms with van der Waals surface area (Å²) < 4.78 is 22.8. The maximum Gasteiger partial charge on any atom is 0.161 e. The Morgan fingerprint density at radius 3 is 2.86 bits per heavy atom. The predicted molar refractivity (Wildman–Crippen MR) is 79.0 cm³/mol. The smallest absolute Gasteiger partial charge is 0.161 e. The van der Waals surface area contributed by atoms with Crippen molar-refractivity contribution in [2.24, 2.45) is 0 Å². The largest absolute Gasteiger partial charge is 0.486 e. The number of benzene rings is 1. The van der Waals surface area contributed by atoms with E-state index in [0.717, 1.165) is 31.1 Å². The second-order valence-electron chi connectivity index (χ2n) is 5.44. The molecule has 2 aliphatic rings. The first kappa shape index (κ1) is 14.6. The summed E-state index contributed by atoms with van der Waals surface area (Å²) in [5, 5.41) is 3.50. The molecule has 1 aliphatic carbocycles. The maximum atomic E-state index is 5.93. The van der Waals surface area contributed by atoms with Crippen LogP contribution in [0.15, 0.2) is 24.3 Å². The van der Waals surface area contributed by atoms with Crippen LogP contribution in [0.3, 0.4) is 0 Å². The minimum absolute atomic E-state index is 0.0311. The molecular weight excluding hydrogens is 270 g/mol. The minimum atomic E-state index is 0.0311. The molecule has 1 aromatic carbocycles. The molecule has 1 heterocycles. The lowest BCUT2D eigenvalue weighted by Crippen LogP contribution is -2.61. The molecule has 21 heavy (non-hydrogen) atoms. The van der Waals surface area contributed by atoms with Crippen molar-refractivity contribution in [2.45, 2.75) is 37.7 Å². The van der Waals surface area contributed by atoms with E-state index < -0.39 is 0 Å². The summed E-state index contributed by atoms with van der Waals surface area (Å²) in [4.78, 5) is 0. The van der Waals surface area contributed by atoms with E-state index in [1.54, 1.807) is 7.11 Å². The van der Waals surface area contributed by atoms with Crippen molar-refractivity contribution < 1.29 is 18.9 Å². The highest BCUT2D eigenvalue weighted by Gasteiger charge is 2.42. The standard InChI is InChI=1S/C16H23NO4/c1-3-19-15-8-12(16(15)18-2)17-9-11-10-20-13-6-4-5-7-14(13)21-11/h4-7,11-12,15-17H,3,8-10H2,1-2H3. The zero-order valence-corrected chi connectivity index (χ0v) is 12.6. The Morgan fingerprint density at radius 1 is 1.29 bits per heavy atom. The normalized spacial score (nSPS) is 30.8. The lowest BCUT2D eigenvalue weighted by atomic mass is 9.85. The summed E-state index contributed by atoms with van der Waals surface area (Å²) in [7, 11) is 1.74. The highest BCUT2D eigenvalue weighted by molar-refractivity contribution is 5.40. The number of fused-ring (bicyclic) bond motifs is 1. The van der Waals surface area contributed by atoms with E-state index in [-0.39, 0.29) is 18.3 Å². The van der Waals surface area contributed by atoms with E-state index in [9.17, 15) is 0 Å². The van der Waals surface area contributed by atoms with Crippen LogP contribution in [-0.4, -0.2) is 51.2 Å². The van der Waals surface area contributed by atoms with Crippen LogP contribution >= 0.6 is 0 Å². The van der Waals surface area contributed by atoms with Gasteiger partial charge in [-0.3, -0.25) is 0 Å². The third-order valence-corrected chi connectivity index (χ3v) is 4.08. The van der Waals surface area contributed by atoms with Gasteiger partial charge in [-0.1, -0.05) is 12.1 Å². The van der Waals surface area contributed by atoms with Gasteiger partial charge in [0.25, 0.3) is 0 Å². The van der Waals surface area contributed by atoms with Gasteiger partial charge in [-0.15, -0.1) is 0 Å². The number of para-hydroxylation sites is 2. The summed E-state index contributed by atoms with van der Waals surface area (Å²) in [5.74, 6) is 1.64. The third kappa shape index (κ3) is 3.15. The molecule has 0 aromatic heterocycles. The number of hydrogen-bond acceptors (Lipinski definition) is 5. The van der Waals surface area contributed by atoms with Crippen LogP contribution in [-0.2, 0) is 9.47 Å². The Labute approximate surface area is 125 Å². The van der Waals surface area contributed by atoms with E-state index in [4.69, 9.17) is 18.9 Å². The Kier molecular flexibility index (Phi) is 4.63. The molecular formula is C16H23NO4. The van der Waals surface area contributed by atoms with Gasteiger partial charge in [-0.2, -0.15) is 0 Å².